The van der Waals surface area contributed by atoms with Crippen LogP contribution in [0.25, 0.3) is 0 Å². The minimum atomic E-state index is -0.310. The van der Waals surface area contributed by atoms with Crippen molar-refractivity contribution in [2.75, 3.05) is 13.2 Å². The number of halogens is 2. The first-order valence-corrected chi connectivity index (χ1v) is 8.15. The highest BCUT2D eigenvalue weighted by atomic mass is 35.5. The quantitative estimate of drug-likeness (QED) is 0.719. The molecule has 0 heterocycles. The van der Waals surface area contributed by atoms with Crippen LogP contribution in [0, 0.1) is 5.82 Å². The minimum Gasteiger partial charge on any atom is -0.374 e. The number of hydrogen-bond acceptors (Lipinski definition) is 2. The third-order valence-electron chi connectivity index (χ3n) is 3.99. The van der Waals surface area contributed by atoms with E-state index in [-0.39, 0.29) is 17.5 Å². The maximum atomic E-state index is 14.1. The van der Waals surface area contributed by atoms with Crippen LogP contribution in [-0.4, -0.2) is 24.8 Å². The summed E-state index contributed by atoms with van der Waals surface area (Å²) in [6.45, 7) is 9.86. The summed E-state index contributed by atoms with van der Waals surface area (Å²) in [5.41, 5.74) is 0.364. The van der Waals surface area contributed by atoms with Crippen LogP contribution < -0.4 is 5.32 Å². The molecule has 4 heteroatoms. The molecule has 0 radical (unpaired) electrons. The maximum absolute atomic E-state index is 14.1. The predicted octanol–water partition coefficient (Wildman–Crippen LogP) is 4.60. The van der Waals surface area contributed by atoms with E-state index in [2.05, 4.69) is 26.1 Å². The third kappa shape index (κ3) is 5.24. The monoisotopic (exact) mass is 315 g/mol. The van der Waals surface area contributed by atoms with E-state index in [4.69, 9.17) is 16.3 Å². The topological polar surface area (TPSA) is 21.3 Å². The van der Waals surface area contributed by atoms with Gasteiger partial charge in [-0.25, -0.2) is 4.39 Å². The molecule has 2 atom stereocenters. The van der Waals surface area contributed by atoms with Crippen molar-refractivity contribution in [2.24, 2.45) is 0 Å². The highest BCUT2D eigenvalue weighted by Crippen LogP contribution is 2.25. The smallest absolute Gasteiger partial charge is 0.127 e. The second kappa shape index (κ2) is 8.72. The van der Waals surface area contributed by atoms with E-state index in [1.54, 1.807) is 12.1 Å². The number of ether oxygens (including phenoxy) is 1. The average molecular weight is 316 g/mol. The van der Waals surface area contributed by atoms with Gasteiger partial charge in [-0.05, 0) is 57.4 Å². The van der Waals surface area contributed by atoms with E-state index >= 15 is 0 Å². The molecule has 0 saturated heterocycles. The highest BCUT2D eigenvalue weighted by Gasteiger charge is 2.33. The second-order valence-electron chi connectivity index (χ2n) is 5.55. The van der Waals surface area contributed by atoms with Crippen molar-refractivity contribution in [1.82, 2.24) is 5.32 Å². The van der Waals surface area contributed by atoms with Crippen molar-refractivity contribution >= 4 is 11.6 Å². The van der Waals surface area contributed by atoms with E-state index in [0.717, 1.165) is 19.4 Å². The summed E-state index contributed by atoms with van der Waals surface area (Å²) in [5.74, 6) is -0.249. The summed E-state index contributed by atoms with van der Waals surface area (Å²) in [4.78, 5) is 0. The Balaban J connectivity index is 2.96. The van der Waals surface area contributed by atoms with Crippen LogP contribution in [0.3, 0.4) is 0 Å². The zero-order valence-electron chi connectivity index (χ0n) is 13.5. The van der Waals surface area contributed by atoms with Gasteiger partial charge in [-0.2, -0.15) is 0 Å². The van der Waals surface area contributed by atoms with Crippen molar-refractivity contribution in [3.8, 4) is 0 Å². The molecule has 1 aromatic carbocycles. The van der Waals surface area contributed by atoms with Crippen LogP contribution in [0.5, 0.6) is 0 Å². The van der Waals surface area contributed by atoms with Crippen LogP contribution in [0.4, 0.5) is 4.39 Å². The maximum Gasteiger partial charge on any atom is 0.127 e. The van der Waals surface area contributed by atoms with Crippen LogP contribution in [-0.2, 0) is 11.2 Å². The molecule has 0 spiro atoms. The third-order valence-corrected chi connectivity index (χ3v) is 4.23. The molecule has 0 aliphatic heterocycles. The summed E-state index contributed by atoms with van der Waals surface area (Å²) in [6, 6.07) is 4.94. The zero-order valence-corrected chi connectivity index (χ0v) is 14.3. The Morgan fingerprint density at radius 1 is 1.33 bits per heavy atom. The first-order chi connectivity index (χ1) is 9.96. The zero-order chi connectivity index (χ0) is 15.9. The molecule has 1 aromatic rings. The molecule has 21 heavy (non-hydrogen) atoms. The number of hydrogen-bond donors (Lipinski definition) is 1. The lowest BCUT2D eigenvalue weighted by atomic mass is 9.88. The van der Waals surface area contributed by atoms with Gasteiger partial charge < -0.3 is 10.1 Å². The molecular formula is C17H27ClFNO. The molecule has 0 aliphatic rings. The average Bonchev–Trinajstić information content (AvgIpc) is 2.45. The van der Waals surface area contributed by atoms with Crippen LogP contribution in [0.2, 0.25) is 5.02 Å². The van der Waals surface area contributed by atoms with Gasteiger partial charge in [0.15, 0.2) is 0 Å². The second-order valence-corrected chi connectivity index (χ2v) is 5.98. The molecule has 120 valence electrons. The fraction of sp³-hybridized carbons (Fsp3) is 0.647. The summed E-state index contributed by atoms with van der Waals surface area (Å²) >= 11 is 5.82. The first kappa shape index (κ1) is 18.4. The summed E-state index contributed by atoms with van der Waals surface area (Å²) < 4.78 is 20.0. The number of rotatable bonds is 9. The van der Waals surface area contributed by atoms with Gasteiger partial charge in [0, 0.05) is 17.7 Å². The standard InChI is InChI=1S/C17H27ClFNO/c1-5-10-20-16(17(4,6-2)21-7-3)11-13-8-9-14(18)12-15(13)19/h8-9,12,16,20H,5-7,10-11H2,1-4H3. The lowest BCUT2D eigenvalue weighted by Crippen LogP contribution is -2.52. The van der Waals surface area contributed by atoms with Crippen molar-refractivity contribution < 1.29 is 9.13 Å². The van der Waals surface area contributed by atoms with Gasteiger partial charge in [-0.15, -0.1) is 0 Å². The highest BCUT2D eigenvalue weighted by molar-refractivity contribution is 6.30. The van der Waals surface area contributed by atoms with Crippen molar-refractivity contribution in [1.29, 1.82) is 0 Å². The fourth-order valence-corrected chi connectivity index (χ4v) is 2.67. The fourth-order valence-electron chi connectivity index (χ4n) is 2.51. The number of nitrogens with one attached hydrogen (secondary N) is 1. The molecule has 0 fully saturated rings. The normalized spacial score (nSPS) is 15.7. The Hall–Kier alpha value is -0.640. The Morgan fingerprint density at radius 3 is 2.57 bits per heavy atom. The van der Waals surface area contributed by atoms with Gasteiger partial charge >= 0.3 is 0 Å². The lowest BCUT2D eigenvalue weighted by Gasteiger charge is -2.37. The van der Waals surface area contributed by atoms with Crippen molar-refractivity contribution in [3.05, 3.63) is 34.6 Å². The lowest BCUT2D eigenvalue weighted by molar-refractivity contribution is -0.0551. The summed E-state index contributed by atoms with van der Waals surface area (Å²) in [7, 11) is 0. The molecule has 0 aliphatic carbocycles. The summed E-state index contributed by atoms with van der Waals surface area (Å²) in [5, 5.41) is 3.94. The van der Waals surface area contributed by atoms with E-state index in [1.807, 2.05) is 6.92 Å². The Morgan fingerprint density at radius 2 is 2.05 bits per heavy atom. The Kier molecular flexibility index (Phi) is 7.64. The number of benzene rings is 1. The van der Waals surface area contributed by atoms with Gasteiger partial charge in [0.2, 0.25) is 0 Å². The molecule has 2 nitrogen and oxygen atoms in total. The van der Waals surface area contributed by atoms with Crippen LogP contribution in [0.1, 0.15) is 46.1 Å². The Bertz CT molecular complexity index is 441. The molecule has 1 rings (SSSR count). The van der Waals surface area contributed by atoms with Gasteiger partial charge in [0.25, 0.3) is 0 Å². The molecule has 0 bridgehead atoms. The van der Waals surface area contributed by atoms with Gasteiger partial charge in [-0.3, -0.25) is 0 Å². The predicted molar refractivity (Wildman–Crippen MR) is 87.5 cm³/mol. The van der Waals surface area contributed by atoms with Crippen molar-refractivity contribution in [3.63, 3.8) is 0 Å². The molecule has 0 saturated carbocycles. The van der Waals surface area contributed by atoms with Gasteiger partial charge in [0.1, 0.15) is 5.82 Å². The summed E-state index contributed by atoms with van der Waals surface area (Å²) in [6.07, 6.45) is 2.50. The molecule has 0 aromatic heterocycles. The SMILES string of the molecule is CCCNC(Cc1ccc(Cl)cc1F)C(C)(CC)OCC. The van der Waals surface area contributed by atoms with Crippen molar-refractivity contribution in [2.45, 2.75) is 58.6 Å². The molecule has 2 unspecified atom stereocenters. The molecule has 0 amide bonds. The van der Waals surface area contributed by atoms with Gasteiger partial charge in [0.05, 0.1) is 5.60 Å². The van der Waals surface area contributed by atoms with Crippen LogP contribution in [0.15, 0.2) is 18.2 Å². The van der Waals surface area contributed by atoms with E-state index in [0.29, 0.717) is 23.6 Å². The van der Waals surface area contributed by atoms with E-state index in [1.165, 1.54) is 6.07 Å². The minimum absolute atomic E-state index is 0.0677. The molecule has 1 N–H and O–H groups in total. The first-order valence-electron chi connectivity index (χ1n) is 7.78. The van der Waals surface area contributed by atoms with E-state index in [9.17, 15) is 4.39 Å². The molecular weight excluding hydrogens is 289 g/mol. The van der Waals surface area contributed by atoms with E-state index < -0.39 is 0 Å². The Labute approximate surface area is 133 Å². The van der Waals surface area contributed by atoms with Gasteiger partial charge in [-0.1, -0.05) is 31.5 Å². The van der Waals surface area contributed by atoms with Crippen LogP contribution >= 0.6 is 11.6 Å². The largest absolute Gasteiger partial charge is 0.374 e.